The highest BCUT2D eigenvalue weighted by Gasteiger charge is 2.34. The van der Waals surface area contributed by atoms with Crippen molar-refractivity contribution in [3.05, 3.63) is 106 Å². The molecule has 228 valence electrons. The molecule has 12 heteroatoms. The lowest BCUT2D eigenvalue weighted by Gasteiger charge is -2.25. The fourth-order valence-electron chi connectivity index (χ4n) is 5.02. The number of hydrogen-bond donors (Lipinski definition) is 0. The van der Waals surface area contributed by atoms with Crippen molar-refractivity contribution in [3.8, 4) is 22.8 Å². The van der Waals surface area contributed by atoms with Crippen molar-refractivity contribution in [2.24, 2.45) is 4.99 Å². The number of thiazole rings is 1. The molecule has 0 spiro atoms. The van der Waals surface area contributed by atoms with Crippen LogP contribution in [0.25, 0.3) is 17.4 Å². The van der Waals surface area contributed by atoms with Gasteiger partial charge in [0.25, 0.3) is 11.2 Å². The van der Waals surface area contributed by atoms with Crippen molar-refractivity contribution >= 4 is 29.1 Å². The molecule has 2 aromatic carbocycles. The second-order valence-electron chi connectivity index (χ2n) is 10.4. The van der Waals surface area contributed by atoms with Crippen molar-refractivity contribution in [3.63, 3.8) is 0 Å². The van der Waals surface area contributed by atoms with Gasteiger partial charge in [0.1, 0.15) is 11.5 Å². The molecular formula is C32H31N3O8S. The van der Waals surface area contributed by atoms with Crippen LogP contribution in [0.2, 0.25) is 0 Å². The van der Waals surface area contributed by atoms with Gasteiger partial charge in [-0.1, -0.05) is 23.5 Å². The van der Waals surface area contributed by atoms with E-state index < -0.39 is 22.5 Å². The highest BCUT2D eigenvalue weighted by molar-refractivity contribution is 7.07. The van der Waals surface area contributed by atoms with Gasteiger partial charge in [0, 0.05) is 12.1 Å². The molecule has 0 N–H and O–H groups in total. The number of nitro groups is 1. The lowest BCUT2D eigenvalue weighted by molar-refractivity contribution is -0.384. The largest absolute Gasteiger partial charge is 0.493 e. The summed E-state index contributed by atoms with van der Waals surface area (Å²) in [6, 6.07) is 12.6. The van der Waals surface area contributed by atoms with E-state index in [4.69, 9.17) is 18.6 Å². The molecule has 0 radical (unpaired) electrons. The molecule has 0 saturated heterocycles. The summed E-state index contributed by atoms with van der Waals surface area (Å²) in [5.74, 6) is 1.02. The molecule has 0 unspecified atom stereocenters. The van der Waals surface area contributed by atoms with Crippen molar-refractivity contribution in [1.29, 1.82) is 0 Å². The van der Waals surface area contributed by atoms with E-state index >= 15 is 0 Å². The Morgan fingerprint density at radius 2 is 1.93 bits per heavy atom. The van der Waals surface area contributed by atoms with Gasteiger partial charge in [-0.05, 0) is 76.1 Å². The molecule has 1 aliphatic heterocycles. The van der Waals surface area contributed by atoms with Crippen LogP contribution in [0.5, 0.6) is 11.5 Å². The van der Waals surface area contributed by atoms with E-state index in [1.54, 1.807) is 69.3 Å². The molecule has 11 nitrogen and oxygen atoms in total. The van der Waals surface area contributed by atoms with Crippen LogP contribution in [0.4, 0.5) is 5.69 Å². The van der Waals surface area contributed by atoms with Crippen LogP contribution in [-0.4, -0.2) is 35.3 Å². The molecule has 5 rings (SSSR count). The van der Waals surface area contributed by atoms with Gasteiger partial charge in [0.2, 0.25) is 0 Å². The van der Waals surface area contributed by atoms with Crippen LogP contribution in [0.1, 0.15) is 50.6 Å². The third kappa shape index (κ3) is 5.80. The van der Waals surface area contributed by atoms with Crippen molar-refractivity contribution in [1.82, 2.24) is 4.57 Å². The van der Waals surface area contributed by atoms with E-state index in [2.05, 4.69) is 4.99 Å². The molecule has 1 atom stereocenters. The average Bonchev–Trinajstić information content (AvgIpc) is 3.56. The van der Waals surface area contributed by atoms with E-state index in [-0.39, 0.29) is 24.0 Å². The van der Waals surface area contributed by atoms with E-state index in [9.17, 15) is 19.7 Å². The minimum Gasteiger partial charge on any atom is -0.493 e. The number of aryl methyl sites for hydroxylation is 1. The molecular weight excluding hydrogens is 586 g/mol. The summed E-state index contributed by atoms with van der Waals surface area (Å²) in [5.41, 5.74) is 1.87. The maximum atomic E-state index is 14.0. The zero-order chi connectivity index (χ0) is 31.7. The number of carbonyl (C=O) groups excluding carboxylic acids is 1. The Balaban J connectivity index is 1.64. The summed E-state index contributed by atoms with van der Waals surface area (Å²) >= 11 is 1.14. The number of fused-ring (bicyclic) bond motifs is 1. The van der Waals surface area contributed by atoms with E-state index in [0.29, 0.717) is 49.2 Å². The van der Waals surface area contributed by atoms with E-state index in [0.717, 1.165) is 16.9 Å². The monoisotopic (exact) mass is 617 g/mol. The molecule has 0 aliphatic carbocycles. The SMILES string of the molecule is CCOC(=O)C1=C(C)N=c2s/c(=C/c3ccc(-c4ccc(C)cc4[N+](=O)[O-])o3)c(=O)n2[C@H]1c1ccc(OC(C)C)c(OC)c1. The second kappa shape index (κ2) is 12.3. The Kier molecular flexibility index (Phi) is 8.54. The number of nitro benzene ring substituents is 1. The van der Waals surface area contributed by atoms with Gasteiger partial charge >= 0.3 is 5.97 Å². The lowest BCUT2D eigenvalue weighted by Crippen LogP contribution is -2.40. The number of ether oxygens (including phenoxy) is 3. The highest BCUT2D eigenvalue weighted by Crippen LogP contribution is 2.37. The van der Waals surface area contributed by atoms with E-state index in [1.165, 1.54) is 17.7 Å². The third-order valence-electron chi connectivity index (χ3n) is 6.90. The van der Waals surface area contributed by atoms with Gasteiger partial charge in [-0.25, -0.2) is 9.79 Å². The quantitative estimate of drug-likeness (QED) is 0.144. The van der Waals surface area contributed by atoms with Crippen LogP contribution in [0.3, 0.4) is 0 Å². The fraction of sp³-hybridized carbons (Fsp3) is 0.281. The zero-order valence-corrected chi connectivity index (χ0v) is 25.9. The molecule has 2 aromatic heterocycles. The topological polar surface area (TPSA) is 135 Å². The molecule has 4 aromatic rings. The number of carbonyl (C=O) groups is 1. The first-order chi connectivity index (χ1) is 21.0. The maximum absolute atomic E-state index is 14.0. The van der Waals surface area contributed by atoms with Crippen LogP contribution in [0, 0.1) is 17.0 Å². The standard InChI is InChI=1S/C32H31N3O8S/c1-7-41-31(37)28-19(5)33-32-34(29(28)20-9-12-25(42-17(2)3)26(15-20)40-6)30(36)27(44-32)16-21-10-13-24(43-21)22-11-8-18(4)14-23(22)35(38)39/h8-17,29H,7H2,1-6H3/b27-16+/t29-/m0/s1. The average molecular weight is 618 g/mol. The Labute approximate surface area is 256 Å². The van der Waals surface area contributed by atoms with E-state index in [1.807, 2.05) is 13.8 Å². The smallest absolute Gasteiger partial charge is 0.338 e. The summed E-state index contributed by atoms with van der Waals surface area (Å²) in [4.78, 5) is 43.4. The first-order valence-electron chi connectivity index (χ1n) is 13.9. The minimum atomic E-state index is -0.850. The van der Waals surface area contributed by atoms with Crippen LogP contribution in [-0.2, 0) is 9.53 Å². The number of rotatable bonds is 9. The van der Waals surface area contributed by atoms with Crippen LogP contribution in [0.15, 0.2) is 74.0 Å². The summed E-state index contributed by atoms with van der Waals surface area (Å²) in [6.45, 7) is 9.15. The molecule has 1 aliphatic rings. The number of methoxy groups -OCH3 is 1. The van der Waals surface area contributed by atoms with Gasteiger partial charge in [-0.2, -0.15) is 0 Å². The number of furan rings is 1. The Hall–Kier alpha value is -4.97. The predicted molar refractivity (Wildman–Crippen MR) is 165 cm³/mol. The number of allylic oxidation sites excluding steroid dienone is 1. The van der Waals surface area contributed by atoms with Crippen molar-refractivity contribution in [2.75, 3.05) is 13.7 Å². The summed E-state index contributed by atoms with van der Waals surface area (Å²) < 4.78 is 24.5. The molecule has 0 bridgehead atoms. The number of benzene rings is 2. The van der Waals surface area contributed by atoms with Gasteiger partial charge in [-0.15, -0.1) is 0 Å². The summed E-state index contributed by atoms with van der Waals surface area (Å²) in [7, 11) is 1.52. The summed E-state index contributed by atoms with van der Waals surface area (Å²) in [5, 5.41) is 11.6. The number of esters is 1. The molecule has 3 heterocycles. The molecule has 0 amide bonds. The summed E-state index contributed by atoms with van der Waals surface area (Å²) in [6.07, 6.45) is 1.47. The zero-order valence-electron chi connectivity index (χ0n) is 25.1. The molecule has 44 heavy (non-hydrogen) atoms. The first-order valence-corrected chi connectivity index (χ1v) is 14.7. The van der Waals surface area contributed by atoms with Gasteiger partial charge < -0.3 is 18.6 Å². The molecule has 0 saturated carbocycles. The number of nitrogens with zero attached hydrogens (tertiary/aromatic N) is 3. The number of aromatic nitrogens is 1. The Bertz CT molecular complexity index is 1980. The third-order valence-corrected chi connectivity index (χ3v) is 7.88. The van der Waals surface area contributed by atoms with Gasteiger partial charge in [0.05, 0.1) is 52.2 Å². The Morgan fingerprint density at radius 3 is 2.61 bits per heavy atom. The second-order valence-corrected chi connectivity index (χ2v) is 11.4. The Morgan fingerprint density at radius 1 is 1.16 bits per heavy atom. The van der Waals surface area contributed by atoms with Crippen LogP contribution < -0.4 is 24.4 Å². The lowest BCUT2D eigenvalue weighted by atomic mass is 9.95. The first kappa shape index (κ1) is 30.5. The van der Waals surface area contributed by atoms with Crippen molar-refractivity contribution in [2.45, 2.75) is 46.8 Å². The minimum absolute atomic E-state index is 0.0764. The van der Waals surface area contributed by atoms with Gasteiger partial charge in [-0.3, -0.25) is 19.5 Å². The highest BCUT2D eigenvalue weighted by atomic mass is 32.1. The number of hydrogen-bond acceptors (Lipinski definition) is 10. The van der Waals surface area contributed by atoms with Crippen molar-refractivity contribution < 1.29 is 28.3 Å². The predicted octanol–water partition coefficient (Wildman–Crippen LogP) is 5.07. The molecule has 0 fully saturated rings. The fourth-order valence-corrected chi connectivity index (χ4v) is 6.04. The van der Waals surface area contributed by atoms with Crippen LogP contribution >= 0.6 is 11.3 Å². The maximum Gasteiger partial charge on any atom is 0.338 e. The van der Waals surface area contributed by atoms with Gasteiger partial charge in [0.15, 0.2) is 16.3 Å². The normalized spacial score (nSPS) is 14.8.